The quantitative estimate of drug-likeness (QED) is 0.305. The van der Waals surface area contributed by atoms with E-state index in [9.17, 15) is 5.11 Å². The highest BCUT2D eigenvalue weighted by Crippen LogP contribution is 2.38. The number of aromatic hydroxyl groups is 1. The lowest BCUT2D eigenvalue weighted by atomic mass is 9.90. The second-order valence-electron chi connectivity index (χ2n) is 11.1. The summed E-state index contributed by atoms with van der Waals surface area (Å²) in [6.07, 6.45) is 5.73. The smallest absolute Gasteiger partial charge is 0.164 e. The third kappa shape index (κ3) is 5.51. The fourth-order valence-corrected chi connectivity index (χ4v) is 6.14. The van der Waals surface area contributed by atoms with Gasteiger partial charge in [0.2, 0.25) is 0 Å². The molecule has 0 unspecified atom stereocenters. The van der Waals surface area contributed by atoms with Crippen molar-refractivity contribution in [3.63, 3.8) is 0 Å². The first-order valence-electron chi connectivity index (χ1n) is 14.2. The molecule has 0 bridgehead atoms. The van der Waals surface area contributed by atoms with Crippen molar-refractivity contribution in [2.24, 2.45) is 0 Å². The molecule has 2 aromatic heterocycles. The summed E-state index contributed by atoms with van der Waals surface area (Å²) >= 11 is 0. The van der Waals surface area contributed by atoms with Gasteiger partial charge in [-0.15, -0.1) is 0 Å². The lowest BCUT2D eigenvalue weighted by molar-refractivity contribution is 0.0815. The molecule has 2 fully saturated rings. The zero-order valence-corrected chi connectivity index (χ0v) is 23.6. The molecule has 1 aliphatic heterocycles. The predicted octanol–water partition coefficient (Wildman–Crippen LogP) is 4.27. The van der Waals surface area contributed by atoms with Gasteiger partial charge in [0.1, 0.15) is 23.7 Å². The Bertz CT molecular complexity index is 1530. The number of fused-ring (bicyclic) bond motifs is 1. The number of hydrogen-bond acceptors (Lipinski definition) is 9. The standard InChI is InChI=1S/C30H37FN8O2/c1-37-11-13-38(14-12-37)21-5-7-22(8-6-21)39-30-27(29(32)34-18-35-30)28(36-39)20-4-9-24(23(31)16-20)33-17-19-3-10-25(40)26(15-19)41-2/h3-4,9-10,15-16,18,21-22,33,40H,5-8,11-14,17H2,1-2H3,(H2,32,34,35). The van der Waals surface area contributed by atoms with E-state index in [1.807, 2.05) is 10.7 Å². The number of phenolic OH excluding ortho intramolecular Hbond substituents is 1. The fraction of sp³-hybridized carbons (Fsp3) is 0.433. The number of aromatic nitrogens is 4. The van der Waals surface area contributed by atoms with E-state index in [0.29, 0.717) is 52.1 Å². The van der Waals surface area contributed by atoms with E-state index in [0.717, 1.165) is 57.4 Å². The summed E-state index contributed by atoms with van der Waals surface area (Å²) in [6, 6.07) is 10.9. The number of nitrogens with one attached hydrogen (secondary N) is 1. The molecule has 0 amide bonds. The highest BCUT2D eigenvalue weighted by atomic mass is 19.1. The van der Waals surface area contributed by atoms with Crippen molar-refractivity contribution in [1.82, 2.24) is 29.5 Å². The number of halogens is 1. The van der Waals surface area contributed by atoms with Gasteiger partial charge < -0.3 is 25.8 Å². The first-order valence-corrected chi connectivity index (χ1v) is 14.2. The van der Waals surface area contributed by atoms with Gasteiger partial charge in [0.15, 0.2) is 17.1 Å². The molecule has 10 nitrogen and oxygen atoms in total. The van der Waals surface area contributed by atoms with Crippen molar-refractivity contribution in [3.05, 3.63) is 54.1 Å². The van der Waals surface area contributed by atoms with Crippen LogP contribution in [0.3, 0.4) is 0 Å². The third-order valence-electron chi connectivity index (χ3n) is 8.55. The molecule has 6 rings (SSSR count). The van der Waals surface area contributed by atoms with Crippen LogP contribution < -0.4 is 15.8 Å². The Morgan fingerprint density at radius 2 is 1.78 bits per heavy atom. The number of nitrogens with zero attached hydrogens (tertiary/aromatic N) is 6. The average Bonchev–Trinajstić information content (AvgIpc) is 3.39. The second kappa shape index (κ2) is 11.5. The van der Waals surface area contributed by atoms with Gasteiger partial charge in [-0.2, -0.15) is 5.10 Å². The van der Waals surface area contributed by atoms with Gasteiger partial charge in [-0.05, 0) is 62.6 Å². The normalized spacial score (nSPS) is 20.4. The average molecular weight is 561 g/mol. The minimum absolute atomic E-state index is 0.0600. The Hall–Kier alpha value is -3.96. The highest BCUT2D eigenvalue weighted by molar-refractivity contribution is 5.98. The molecule has 2 aliphatic rings. The number of nitrogen functional groups attached to an aromatic ring is 1. The van der Waals surface area contributed by atoms with Crippen molar-refractivity contribution in [3.8, 4) is 22.8 Å². The topological polar surface area (TPSA) is 118 Å². The van der Waals surface area contributed by atoms with Gasteiger partial charge in [0.25, 0.3) is 0 Å². The molecule has 1 aliphatic carbocycles. The molecule has 4 aromatic rings. The molecule has 11 heteroatoms. The lowest BCUT2D eigenvalue weighted by Gasteiger charge is -2.41. The van der Waals surface area contributed by atoms with E-state index < -0.39 is 5.82 Å². The second-order valence-corrected chi connectivity index (χ2v) is 11.1. The van der Waals surface area contributed by atoms with Crippen LogP contribution in [0.2, 0.25) is 0 Å². The number of benzene rings is 2. The zero-order valence-electron chi connectivity index (χ0n) is 23.6. The van der Waals surface area contributed by atoms with Crippen molar-refractivity contribution in [1.29, 1.82) is 0 Å². The summed E-state index contributed by atoms with van der Waals surface area (Å²) in [4.78, 5) is 13.8. The molecule has 0 radical (unpaired) electrons. The molecular formula is C30H37FN8O2. The van der Waals surface area contributed by atoms with Gasteiger partial charge in [0, 0.05) is 44.3 Å². The number of rotatable bonds is 7. The predicted molar refractivity (Wildman–Crippen MR) is 157 cm³/mol. The van der Waals surface area contributed by atoms with Crippen molar-refractivity contribution in [2.75, 3.05) is 51.4 Å². The van der Waals surface area contributed by atoms with Crippen LogP contribution in [0.5, 0.6) is 11.5 Å². The van der Waals surface area contributed by atoms with Crippen LogP contribution in [0.1, 0.15) is 37.3 Å². The minimum Gasteiger partial charge on any atom is -0.504 e. The Balaban J connectivity index is 1.21. The number of hydrogen-bond donors (Lipinski definition) is 3. The van der Waals surface area contributed by atoms with E-state index in [2.05, 4.69) is 32.1 Å². The first kappa shape index (κ1) is 27.2. The van der Waals surface area contributed by atoms with Crippen LogP contribution in [-0.4, -0.2) is 81.0 Å². The maximum atomic E-state index is 15.3. The van der Waals surface area contributed by atoms with Crippen LogP contribution in [0.4, 0.5) is 15.9 Å². The SMILES string of the molecule is COc1cc(CNc2ccc(-c3nn(C4CCC(N5CCN(C)CC5)CC4)c4ncnc(N)c34)cc2F)ccc1O. The Morgan fingerprint density at radius 1 is 1.02 bits per heavy atom. The van der Waals surface area contributed by atoms with E-state index in [1.165, 1.54) is 19.5 Å². The Morgan fingerprint density at radius 3 is 2.51 bits per heavy atom. The van der Waals surface area contributed by atoms with Crippen molar-refractivity contribution >= 4 is 22.5 Å². The van der Waals surface area contributed by atoms with Gasteiger partial charge in [0.05, 0.1) is 24.2 Å². The molecule has 3 heterocycles. The van der Waals surface area contributed by atoms with E-state index >= 15 is 4.39 Å². The molecular weight excluding hydrogens is 523 g/mol. The van der Waals surface area contributed by atoms with E-state index in [-0.39, 0.29) is 11.8 Å². The minimum atomic E-state index is -0.404. The number of piperazine rings is 1. The van der Waals surface area contributed by atoms with Gasteiger partial charge in [-0.1, -0.05) is 12.1 Å². The molecule has 41 heavy (non-hydrogen) atoms. The molecule has 0 spiro atoms. The summed E-state index contributed by atoms with van der Waals surface area (Å²) in [5.41, 5.74) is 9.44. The maximum Gasteiger partial charge on any atom is 0.164 e. The summed E-state index contributed by atoms with van der Waals surface area (Å²) in [5, 5.41) is 18.6. The van der Waals surface area contributed by atoms with Crippen LogP contribution in [0.25, 0.3) is 22.3 Å². The summed E-state index contributed by atoms with van der Waals surface area (Å²) in [5.74, 6) is 0.366. The van der Waals surface area contributed by atoms with Gasteiger partial charge >= 0.3 is 0 Å². The fourth-order valence-electron chi connectivity index (χ4n) is 6.14. The molecule has 1 saturated heterocycles. The summed E-state index contributed by atoms with van der Waals surface area (Å²) < 4.78 is 22.5. The monoisotopic (exact) mass is 560 g/mol. The molecule has 2 aromatic carbocycles. The first-order chi connectivity index (χ1) is 19.9. The summed E-state index contributed by atoms with van der Waals surface area (Å²) in [7, 11) is 3.68. The van der Waals surface area contributed by atoms with Crippen molar-refractivity contribution < 1.29 is 14.2 Å². The molecule has 216 valence electrons. The van der Waals surface area contributed by atoms with Crippen LogP contribution >= 0.6 is 0 Å². The van der Waals surface area contributed by atoms with E-state index in [1.54, 1.807) is 24.3 Å². The van der Waals surface area contributed by atoms with Gasteiger partial charge in [-0.3, -0.25) is 4.90 Å². The van der Waals surface area contributed by atoms with Crippen molar-refractivity contribution in [2.45, 2.75) is 44.3 Å². The number of phenols is 1. The molecule has 4 N–H and O–H groups in total. The number of likely N-dealkylation sites (N-methyl/N-ethyl adjacent to an activating group) is 1. The third-order valence-corrected chi connectivity index (χ3v) is 8.55. The van der Waals surface area contributed by atoms with Crippen LogP contribution in [0, 0.1) is 5.82 Å². The van der Waals surface area contributed by atoms with E-state index in [4.69, 9.17) is 15.6 Å². The number of anilines is 2. The molecule has 1 saturated carbocycles. The number of methoxy groups -OCH3 is 1. The largest absolute Gasteiger partial charge is 0.504 e. The number of ether oxygens (including phenoxy) is 1. The van der Waals surface area contributed by atoms with Crippen LogP contribution in [0.15, 0.2) is 42.7 Å². The van der Waals surface area contributed by atoms with Crippen LogP contribution in [-0.2, 0) is 6.54 Å². The molecule has 0 atom stereocenters. The Kier molecular flexibility index (Phi) is 7.63. The van der Waals surface area contributed by atoms with Gasteiger partial charge in [-0.25, -0.2) is 19.0 Å². The highest BCUT2D eigenvalue weighted by Gasteiger charge is 2.30. The maximum absolute atomic E-state index is 15.3. The summed E-state index contributed by atoms with van der Waals surface area (Å²) in [6.45, 7) is 4.87. The lowest BCUT2D eigenvalue weighted by Crippen LogP contribution is -2.49. The number of nitrogens with two attached hydrogens (primary N) is 1. The zero-order chi connectivity index (χ0) is 28.5. The Labute approximate surface area is 238 Å².